The average molecular weight is 372 g/mol. The number of carbonyl (C=O) groups is 2. The second-order valence-corrected chi connectivity index (χ2v) is 7.87. The summed E-state index contributed by atoms with van der Waals surface area (Å²) < 4.78 is 28.0. The highest BCUT2D eigenvalue weighted by Crippen LogP contribution is 2.50. The van der Waals surface area contributed by atoms with Gasteiger partial charge >= 0.3 is 6.03 Å². The van der Waals surface area contributed by atoms with Crippen molar-refractivity contribution in [3.05, 3.63) is 34.4 Å². The monoisotopic (exact) mass is 371 g/mol. The van der Waals surface area contributed by atoms with Gasteiger partial charge < -0.3 is 16.0 Å². The Labute approximate surface area is 149 Å². The number of urea groups is 1. The van der Waals surface area contributed by atoms with Gasteiger partial charge in [0.15, 0.2) is 0 Å². The van der Waals surface area contributed by atoms with Crippen LogP contribution in [0.15, 0.2) is 12.1 Å². The van der Waals surface area contributed by atoms with E-state index in [1.54, 1.807) is 0 Å². The number of amides is 3. The number of halogens is 3. The first-order valence-electron chi connectivity index (χ1n) is 8.16. The quantitative estimate of drug-likeness (QED) is 0.712. The summed E-state index contributed by atoms with van der Waals surface area (Å²) in [7, 11) is 0. The normalized spacial score (nSPS) is 23.4. The van der Waals surface area contributed by atoms with Crippen molar-refractivity contribution in [2.24, 2.45) is 11.3 Å². The van der Waals surface area contributed by atoms with Gasteiger partial charge in [-0.1, -0.05) is 31.5 Å². The van der Waals surface area contributed by atoms with E-state index in [1.807, 2.05) is 0 Å². The van der Waals surface area contributed by atoms with Crippen molar-refractivity contribution in [3.63, 3.8) is 0 Å². The summed E-state index contributed by atoms with van der Waals surface area (Å²) in [4.78, 5) is 23.7. The Hall–Kier alpha value is -1.89. The zero-order valence-electron chi connectivity index (χ0n) is 14.0. The Morgan fingerprint density at radius 2 is 2.04 bits per heavy atom. The number of hydrogen-bond donors (Lipinski definition) is 3. The summed E-state index contributed by atoms with van der Waals surface area (Å²) in [6, 6.07) is 0.650. The molecule has 0 spiro atoms. The lowest BCUT2D eigenvalue weighted by molar-refractivity contribution is -0.124. The molecule has 136 valence electrons. The largest absolute Gasteiger partial charge is 0.347 e. The van der Waals surface area contributed by atoms with E-state index < -0.39 is 40.7 Å². The highest BCUT2D eigenvalue weighted by molar-refractivity contribution is 6.31. The molecule has 1 saturated carbocycles. The summed E-state index contributed by atoms with van der Waals surface area (Å²) in [6.07, 6.45) is 1.59. The minimum Gasteiger partial charge on any atom is -0.347 e. The third-order valence-corrected chi connectivity index (χ3v) is 5.23. The van der Waals surface area contributed by atoms with Crippen LogP contribution >= 0.6 is 11.6 Å². The van der Waals surface area contributed by atoms with E-state index in [2.05, 4.69) is 29.8 Å². The zero-order chi connectivity index (χ0) is 18.4. The minimum atomic E-state index is -0.856. The van der Waals surface area contributed by atoms with Crippen LogP contribution in [-0.4, -0.2) is 24.5 Å². The number of rotatable bonds is 4. The molecule has 8 heteroatoms. The molecule has 0 aromatic heterocycles. The van der Waals surface area contributed by atoms with Crippen LogP contribution in [0.3, 0.4) is 0 Å². The van der Waals surface area contributed by atoms with Crippen molar-refractivity contribution >= 4 is 23.5 Å². The maximum absolute atomic E-state index is 14.5. The van der Waals surface area contributed by atoms with Gasteiger partial charge in [-0.3, -0.25) is 4.79 Å². The Morgan fingerprint density at radius 3 is 2.60 bits per heavy atom. The van der Waals surface area contributed by atoms with E-state index in [0.29, 0.717) is 0 Å². The predicted octanol–water partition coefficient (Wildman–Crippen LogP) is 2.89. The maximum Gasteiger partial charge on any atom is 0.315 e. The van der Waals surface area contributed by atoms with Crippen LogP contribution in [0.25, 0.3) is 0 Å². The first-order valence-corrected chi connectivity index (χ1v) is 8.54. The first kappa shape index (κ1) is 17.9. The lowest BCUT2D eigenvalue weighted by Gasteiger charge is -2.47. The van der Waals surface area contributed by atoms with Crippen molar-refractivity contribution in [1.29, 1.82) is 0 Å². The second kappa shape index (κ2) is 6.44. The predicted molar refractivity (Wildman–Crippen MR) is 89.1 cm³/mol. The Balaban J connectivity index is 1.85. The molecular weight excluding hydrogens is 352 g/mol. The van der Waals surface area contributed by atoms with Crippen molar-refractivity contribution in [2.45, 2.75) is 38.8 Å². The molecule has 1 aliphatic carbocycles. The second-order valence-electron chi connectivity index (χ2n) is 7.49. The van der Waals surface area contributed by atoms with Gasteiger partial charge in [0.25, 0.3) is 0 Å². The van der Waals surface area contributed by atoms with Crippen molar-refractivity contribution in [2.75, 3.05) is 6.54 Å². The number of benzene rings is 1. The molecule has 2 atom stereocenters. The van der Waals surface area contributed by atoms with Crippen molar-refractivity contribution < 1.29 is 18.4 Å². The van der Waals surface area contributed by atoms with Gasteiger partial charge in [-0.25, -0.2) is 13.6 Å². The summed E-state index contributed by atoms with van der Waals surface area (Å²) in [5.41, 5.74) is 0.273. The molecule has 25 heavy (non-hydrogen) atoms. The molecule has 1 saturated heterocycles. The first-order chi connectivity index (χ1) is 11.7. The topological polar surface area (TPSA) is 70.2 Å². The molecule has 3 rings (SSSR count). The minimum absolute atomic E-state index is 0.0139. The zero-order valence-corrected chi connectivity index (χ0v) is 14.7. The molecule has 5 nitrogen and oxygen atoms in total. The highest BCUT2D eigenvalue weighted by atomic mass is 35.5. The van der Waals surface area contributed by atoms with Crippen LogP contribution in [0.5, 0.6) is 0 Å². The lowest BCUT2D eigenvalue weighted by Crippen LogP contribution is -2.49. The van der Waals surface area contributed by atoms with E-state index in [1.165, 1.54) is 6.07 Å². The molecule has 2 aliphatic rings. The van der Waals surface area contributed by atoms with Crippen LogP contribution in [0, 0.1) is 23.0 Å². The van der Waals surface area contributed by atoms with Gasteiger partial charge in [-0.05, 0) is 30.2 Å². The van der Waals surface area contributed by atoms with Gasteiger partial charge in [0.1, 0.15) is 22.7 Å². The molecule has 3 N–H and O–H groups in total. The third-order valence-electron chi connectivity index (χ3n) is 4.89. The fourth-order valence-corrected chi connectivity index (χ4v) is 3.87. The Kier molecular flexibility index (Phi) is 4.62. The molecule has 2 fully saturated rings. The molecular formula is C17H20ClF2N3O2. The van der Waals surface area contributed by atoms with Crippen LogP contribution in [0.1, 0.15) is 38.3 Å². The lowest BCUT2D eigenvalue weighted by atomic mass is 9.61. The van der Waals surface area contributed by atoms with Gasteiger partial charge in [-0.2, -0.15) is 0 Å². The fourth-order valence-electron chi connectivity index (χ4n) is 3.69. The van der Waals surface area contributed by atoms with Crippen molar-refractivity contribution in [3.8, 4) is 0 Å². The van der Waals surface area contributed by atoms with Crippen LogP contribution in [0.2, 0.25) is 5.02 Å². The molecule has 1 aromatic carbocycles. The number of carbonyl (C=O) groups excluding carboxylic acids is 2. The van der Waals surface area contributed by atoms with E-state index in [0.717, 1.165) is 18.9 Å². The summed E-state index contributed by atoms with van der Waals surface area (Å²) >= 11 is 5.70. The Bertz CT molecular complexity index is 718. The fraction of sp³-hybridized carbons (Fsp3) is 0.529. The van der Waals surface area contributed by atoms with E-state index in [-0.39, 0.29) is 23.4 Å². The standard InChI is InChI=1S/C17H20ClF2N3O2/c1-17(2)5-8(6-17)14(9-3-4-10(19)12(18)13(9)20)23-15(24)11-7-21-16(25)22-11/h3-4,8,11,14H,5-7H2,1-2H3,(H,23,24)(H2,21,22,25)/t11-,14?/m0/s1. The van der Waals surface area contributed by atoms with Gasteiger partial charge in [0.05, 0.1) is 6.04 Å². The van der Waals surface area contributed by atoms with Gasteiger partial charge in [0, 0.05) is 12.1 Å². The van der Waals surface area contributed by atoms with E-state index in [4.69, 9.17) is 11.6 Å². The SMILES string of the molecule is CC1(C)CC(C(NC(=O)[C@@H]2CNC(=O)N2)c2ccc(F)c(Cl)c2F)C1. The molecule has 1 aliphatic heterocycles. The average Bonchev–Trinajstić information content (AvgIpc) is 2.95. The Morgan fingerprint density at radius 1 is 1.36 bits per heavy atom. The van der Waals surface area contributed by atoms with E-state index in [9.17, 15) is 18.4 Å². The smallest absolute Gasteiger partial charge is 0.315 e. The van der Waals surface area contributed by atoms with Crippen molar-refractivity contribution in [1.82, 2.24) is 16.0 Å². The summed E-state index contributed by atoms with van der Waals surface area (Å²) in [5, 5.41) is 7.23. The van der Waals surface area contributed by atoms with Crippen LogP contribution < -0.4 is 16.0 Å². The van der Waals surface area contributed by atoms with Crippen LogP contribution in [-0.2, 0) is 4.79 Å². The summed E-state index contributed by atoms with van der Waals surface area (Å²) in [5.74, 6) is -2.09. The molecule has 1 unspecified atom stereocenters. The molecule has 1 heterocycles. The molecule has 3 amide bonds. The van der Waals surface area contributed by atoms with E-state index >= 15 is 0 Å². The highest BCUT2D eigenvalue weighted by Gasteiger charge is 2.43. The van der Waals surface area contributed by atoms with Gasteiger partial charge in [-0.15, -0.1) is 0 Å². The molecule has 0 radical (unpaired) electrons. The summed E-state index contributed by atoms with van der Waals surface area (Å²) in [6.45, 7) is 4.36. The number of hydrogen-bond acceptors (Lipinski definition) is 2. The maximum atomic E-state index is 14.5. The molecule has 1 aromatic rings. The number of nitrogens with one attached hydrogen (secondary N) is 3. The van der Waals surface area contributed by atoms with Gasteiger partial charge in [0.2, 0.25) is 5.91 Å². The molecule has 0 bridgehead atoms. The van der Waals surface area contributed by atoms with Crippen LogP contribution in [0.4, 0.5) is 13.6 Å². The third kappa shape index (κ3) is 3.56.